The van der Waals surface area contributed by atoms with E-state index in [-0.39, 0.29) is 11.4 Å². The minimum atomic E-state index is -0.850. The number of benzene rings is 2. The molecule has 0 spiro atoms. The monoisotopic (exact) mass is 390 g/mol. The van der Waals surface area contributed by atoms with Crippen molar-refractivity contribution < 1.29 is 33.5 Å². The van der Waals surface area contributed by atoms with Crippen LogP contribution in [-0.4, -0.2) is 44.2 Å². The number of nitro groups is 1. The van der Waals surface area contributed by atoms with Crippen molar-refractivity contribution in [1.82, 2.24) is 0 Å². The highest BCUT2D eigenvalue weighted by Gasteiger charge is 2.16. The minimum absolute atomic E-state index is 0.0719. The van der Waals surface area contributed by atoms with Gasteiger partial charge in [0.05, 0.1) is 19.1 Å². The summed E-state index contributed by atoms with van der Waals surface area (Å²) in [5.74, 6) is -0.558. The van der Waals surface area contributed by atoms with Crippen LogP contribution < -0.4 is 19.5 Å². The van der Waals surface area contributed by atoms with Gasteiger partial charge in [0.2, 0.25) is 0 Å². The maximum atomic E-state index is 11.9. The lowest BCUT2D eigenvalue weighted by molar-refractivity contribution is -0.385. The van der Waals surface area contributed by atoms with Crippen LogP contribution in [0.15, 0.2) is 42.5 Å². The topological polar surface area (TPSA) is 126 Å². The SMILES string of the molecule is COc1cc(NC(=O)COC(=O)COc2ccccc2[N+](=O)[O-])cc(OC)c1. The number of nitrogens with one attached hydrogen (secondary N) is 1. The van der Waals surface area contributed by atoms with Crippen LogP contribution in [0.25, 0.3) is 0 Å². The van der Waals surface area contributed by atoms with Crippen molar-refractivity contribution in [2.75, 3.05) is 32.8 Å². The Balaban J connectivity index is 1.85. The molecule has 1 N–H and O–H groups in total. The van der Waals surface area contributed by atoms with Crippen LogP contribution in [0.1, 0.15) is 0 Å². The third-order valence-electron chi connectivity index (χ3n) is 3.41. The number of hydrogen-bond donors (Lipinski definition) is 1. The number of ether oxygens (including phenoxy) is 4. The van der Waals surface area contributed by atoms with Crippen LogP contribution in [0.2, 0.25) is 0 Å². The number of carbonyl (C=O) groups excluding carboxylic acids is 2. The molecule has 0 fully saturated rings. The predicted molar refractivity (Wildman–Crippen MR) is 97.7 cm³/mol. The quantitative estimate of drug-likeness (QED) is 0.392. The van der Waals surface area contributed by atoms with Crippen LogP contribution in [0.5, 0.6) is 17.2 Å². The largest absolute Gasteiger partial charge is 0.497 e. The van der Waals surface area contributed by atoms with E-state index in [1.54, 1.807) is 18.2 Å². The molecule has 10 heteroatoms. The van der Waals surface area contributed by atoms with Crippen LogP contribution in [0.4, 0.5) is 11.4 Å². The zero-order valence-electron chi connectivity index (χ0n) is 15.2. The molecule has 2 rings (SSSR count). The van der Waals surface area contributed by atoms with E-state index in [9.17, 15) is 19.7 Å². The highest BCUT2D eigenvalue weighted by molar-refractivity contribution is 5.93. The molecule has 0 radical (unpaired) electrons. The fraction of sp³-hybridized carbons (Fsp3) is 0.222. The summed E-state index contributed by atoms with van der Waals surface area (Å²) in [7, 11) is 2.94. The van der Waals surface area contributed by atoms with Crippen molar-refractivity contribution in [3.05, 3.63) is 52.6 Å². The zero-order valence-corrected chi connectivity index (χ0v) is 15.2. The van der Waals surface area contributed by atoms with E-state index in [1.165, 1.54) is 38.5 Å². The van der Waals surface area contributed by atoms with Gasteiger partial charge in [-0.1, -0.05) is 12.1 Å². The Kier molecular flexibility index (Phi) is 7.14. The summed E-state index contributed by atoms with van der Waals surface area (Å²) in [6, 6.07) is 10.4. The van der Waals surface area contributed by atoms with Gasteiger partial charge in [-0.25, -0.2) is 4.79 Å². The molecule has 10 nitrogen and oxygen atoms in total. The lowest BCUT2D eigenvalue weighted by atomic mass is 10.2. The summed E-state index contributed by atoms with van der Waals surface area (Å²) >= 11 is 0. The predicted octanol–water partition coefficient (Wildman–Crippen LogP) is 2.17. The molecule has 0 atom stereocenters. The summed E-state index contributed by atoms with van der Waals surface area (Å²) in [4.78, 5) is 33.9. The van der Waals surface area contributed by atoms with Crippen LogP contribution in [0.3, 0.4) is 0 Å². The maximum Gasteiger partial charge on any atom is 0.344 e. The van der Waals surface area contributed by atoms with Crippen LogP contribution in [0, 0.1) is 10.1 Å². The van der Waals surface area contributed by atoms with Gasteiger partial charge in [-0.15, -0.1) is 0 Å². The Bertz CT molecular complexity index is 846. The summed E-state index contributed by atoms with van der Waals surface area (Å²) < 4.78 is 20.1. The standard InChI is InChI=1S/C18H18N2O8/c1-25-13-7-12(8-14(9-13)26-2)19-17(21)10-28-18(22)11-27-16-6-4-3-5-15(16)20(23)24/h3-9H,10-11H2,1-2H3,(H,19,21). The van der Waals surface area contributed by atoms with Gasteiger partial charge in [0, 0.05) is 30.0 Å². The molecule has 0 aromatic heterocycles. The molecule has 148 valence electrons. The molecule has 0 unspecified atom stereocenters. The van der Waals surface area contributed by atoms with E-state index in [0.29, 0.717) is 17.2 Å². The lowest BCUT2D eigenvalue weighted by Crippen LogP contribution is -2.23. The second-order valence-electron chi connectivity index (χ2n) is 5.32. The molecule has 0 aliphatic rings. The van der Waals surface area contributed by atoms with Crippen molar-refractivity contribution in [2.45, 2.75) is 0 Å². The molecule has 0 bridgehead atoms. The zero-order chi connectivity index (χ0) is 20.5. The van der Waals surface area contributed by atoms with E-state index in [1.807, 2.05) is 0 Å². The summed E-state index contributed by atoms with van der Waals surface area (Å²) in [5, 5.41) is 13.4. The number of hydrogen-bond acceptors (Lipinski definition) is 8. The third-order valence-corrected chi connectivity index (χ3v) is 3.41. The molecule has 2 aromatic rings. The Morgan fingerprint density at radius 3 is 2.29 bits per heavy atom. The van der Waals surface area contributed by atoms with Crippen LogP contribution >= 0.6 is 0 Å². The van der Waals surface area contributed by atoms with Gasteiger partial charge in [-0.05, 0) is 6.07 Å². The second kappa shape index (κ2) is 9.76. The molecule has 2 aromatic carbocycles. The number of nitrogens with zero attached hydrogens (tertiary/aromatic N) is 1. The Morgan fingerprint density at radius 2 is 1.68 bits per heavy atom. The van der Waals surface area contributed by atoms with Crippen molar-refractivity contribution in [3.63, 3.8) is 0 Å². The molecule has 0 aliphatic carbocycles. The summed E-state index contributed by atoms with van der Waals surface area (Å²) in [6.45, 7) is -1.14. The van der Waals surface area contributed by atoms with Gasteiger partial charge in [-0.2, -0.15) is 0 Å². The fourth-order valence-electron chi connectivity index (χ4n) is 2.13. The normalized spacial score (nSPS) is 9.93. The first-order chi connectivity index (χ1) is 13.4. The molecule has 1 amide bonds. The van der Waals surface area contributed by atoms with Crippen molar-refractivity contribution in [3.8, 4) is 17.2 Å². The Morgan fingerprint density at radius 1 is 1.04 bits per heavy atom. The van der Waals surface area contributed by atoms with E-state index < -0.39 is 30.0 Å². The summed E-state index contributed by atoms with van der Waals surface area (Å²) in [5.41, 5.74) is 0.119. The van der Waals surface area contributed by atoms with Crippen molar-refractivity contribution in [2.24, 2.45) is 0 Å². The van der Waals surface area contributed by atoms with E-state index in [0.717, 1.165) is 0 Å². The van der Waals surface area contributed by atoms with Crippen molar-refractivity contribution in [1.29, 1.82) is 0 Å². The maximum absolute atomic E-state index is 11.9. The van der Waals surface area contributed by atoms with E-state index in [4.69, 9.17) is 18.9 Å². The average molecular weight is 390 g/mol. The number of carbonyl (C=O) groups is 2. The number of para-hydroxylation sites is 2. The van der Waals surface area contributed by atoms with Gasteiger partial charge in [0.25, 0.3) is 5.91 Å². The smallest absolute Gasteiger partial charge is 0.344 e. The first-order valence-corrected chi connectivity index (χ1v) is 7.97. The van der Waals surface area contributed by atoms with E-state index >= 15 is 0 Å². The highest BCUT2D eigenvalue weighted by atomic mass is 16.6. The molecular weight excluding hydrogens is 372 g/mol. The minimum Gasteiger partial charge on any atom is -0.497 e. The van der Waals surface area contributed by atoms with Crippen LogP contribution in [-0.2, 0) is 14.3 Å². The van der Waals surface area contributed by atoms with Gasteiger partial charge >= 0.3 is 11.7 Å². The highest BCUT2D eigenvalue weighted by Crippen LogP contribution is 2.26. The van der Waals surface area contributed by atoms with E-state index in [2.05, 4.69) is 5.32 Å². The van der Waals surface area contributed by atoms with Gasteiger partial charge < -0.3 is 24.3 Å². The average Bonchev–Trinajstić information content (AvgIpc) is 2.70. The number of amides is 1. The first-order valence-electron chi connectivity index (χ1n) is 7.97. The molecule has 0 aliphatic heterocycles. The number of anilines is 1. The molecule has 28 heavy (non-hydrogen) atoms. The number of rotatable bonds is 9. The first kappa shape index (κ1) is 20.5. The third kappa shape index (κ3) is 5.87. The Hall–Kier alpha value is -3.82. The fourth-order valence-corrected chi connectivity index (χ4v) is 2.13. The molecule has 0 heterocycles. The van der Waals surface area contributed by atoms with Gasteiger partial charge in [-0.3, -0.25) is 14.9 Å². The number of nitro benzene ring substituents is 1. The number of methoxy groups -OCH3 is 2. The second-order valence-corrected chi connectivity index (χ2v) is 5.32. The molecule has 0 saturated heterocycles. The number of esters is 1. The Labute approximate surface area is 160 Å². The molecule has 0 saturated carbocycles. The molecular formula is C18H18N2O8. The van der Waals surface area contributed by atoms with Crippen molar-refractivity contribution >= 4 is 23.3 Å². The van der Waals surface area contributed by atoms with Gasteiger partial charge in [0.15, 0.2) is 19.0 Å². The van der Waals surface area contributed by atoms with Gasteiger partial charge in [0.1, 0.15) is 11.5 Å². The lowest BCUT2D eigenvalue weighted by Gasteiger charge is -2.10. The summed E-state index contributed by atoms with van der Waals surface area (Å²) in [6.07, 6.45) is 0.